The van der Waals surface area contributed by atoms with E-state index in [1.165, 1.54) is 0 Å². The second-order valence-corrected chi connectivity index (χ2v) is 6.54. The highest BCUT2D eigenvalue weighted by Gasteiger charge is 2.18. The quantitative estimate of drug-likeness (QED) is 0.388. The predicted octanol–water partition coefficient (Wildman–Crippen LogP) is 2.28. The lowest BCUT2D eigenvalue weighted by Gasteiger charge is -2.09. The van der Waals surface area contributed by atoms with E-state index in [0.29, 0.717) is 36.0 Å². The van der Waals surface area contributed by atoms with Crippen molar-refractivity contribution in [1.29, 1.82) is 0 Å². The molecule has 0 fully saturated rings. The van der Waals surface area contributed by atoms with E-state index >= 15 is 0 Å². The molecule has 4 rings (SSSR count). The van der Waals surface area contributed by atoms with Gasteiger partial charge in [-0.05, 0) is 23.6 Å². The van der Waals surface area contributed by atoms with Crippen molar-refractivity contribution >= 4 is 22.9 Å². The van der Waals surface area contributed by atoms with E-state index in [-0.39, 0.29) is 0 Å². The Morgan fingerprint density at radius 3 is 2.75 bits per heavy atom. The molecule has 3 heterocycles. The van der Waals surface area contributed by atoms with Crippen LogP contribution in [-0.2, 0) is 19.6 Å². The Kier molecular flexibility index (Phi) is 4.90. The molecule has 0 aliphatic heterocycles. The number of hydrogen-bond donors (Lipinski definition) is 4. The molecule has 0 aliphatic rings. The number of H-pyrrole nitrogens is 1. The van der Waals surface area contributed by atoms with E-state index < -0.39 is 0 Å². The number of aromatic nitrogens is 6. The van der Waals surface area contributed by atoms with Gasteiger partial charge >= 0.3 is 0 Å². The minimum Gasteiger partial charge on any atom is -0.382 e. The molecule has 0 aliphatic carbocycles. The zero-order chi connectivity index (χ0) is 19.5. The number of rotatable bonds is 7. The van der Waals surface area contributed by atoms with Gasteiger partial charge in [-0.2, -0.15) is 15.1 Å². The van der Waals surface area contributed by atoms with Gasteiger partial charge in [0.05, 0.1) is 0 Å². The maximum atomic E-state index is 6.19. The predicted molar refractivity (Wildman–Crippen MR) is 109 cm³/mol. The summed E-state index contributed by atoms with van der Waals surface area (Å²) in [4.78, 5) is 13.7. The highest BCUT2D eigenvalue weighted by molar-refractivity contribution is 5.86. The van der Waals surface area contributed by atoms with Gasteiger partial charge in [-0.1, -0.05) is 31.2 Å². The molecule has 0 radical (unpaired) electrons. The molecule has 9 heteroatoms. The number of hydrogen-bond acceptors (Lipinski definition) is 7. The van der Waals surface area contributed by atoms with E-state index in [0.717, 1.165) is 35.6 Å². The summed E-state index contributed by atoms with van der Waals surface area (Å²) in [7, 11) is 0. The Morgan fingerprint density at radius 1 is 1.14 bits per heavy atom. The topological polar surface area (TPSA) is 136 Å². The van der Waals surface area contributed by atoms with Crippen LogP contribution < -0.4 is 16.8 Å². The van der Waals surface area contributed by atoms with Gasteiger partial charge in [0.25, 0.3) is 0 Å². The molecule has 0 saturated heterocycles. The molecule has 0 spiro atoms. The number of nitrogens with one attached hydrogen (secondary N) is 2. The van der Waals surface area contributed by atoms with Crippen LogP contribution in [-0.4, -0.2) is 29.7 Å². The summed E-state index contributed by atoms with van der Waals surface area (Å²) in [6, 6.07) is 9.97. The molecule has 0 bridgehead atoms. The van der Waals surface area contributed by atoms with Crippen LogP contribution in [0.15, 0.2) is 36.5 Å². The summed E-state index contributed by atoms with van der Waals surface area (Å²) in [5, 5.41) is 10.2. The van der Waals surface area contributed by atoms with Crippen molar-refractivity contribution in [2.75, 3.05) is 11.1 Å². The molecule has 0 saturated carbocycles. The summed E-state index contributed by atoms with van der Waals surface area (Å²) >= 11 is 0. The first-order valence-electron chi connectivity index (χ1n) is 9.24. The second kappa shape index (κ2) is 7.65. The van der Waals surface area contributed by atoms with Gasteiger partial charge in [-0.25, -0.2) is 4.98 Å². The number of nitrogens with zero attached hydrogens (tertiary/aromatic N) is 5. The molecular formula is C19H23N9. The molecule has 144 valence electrons. The minimum absolute atomic E-state index is 0.346. The molecule has 0 amide bonds. The SMILES string of the molecule is CCCn1c(-c2ccn[nH]2)nc2c(N)nc(NCc3cccc(CN)c3)nc21. The summed E-state index contributed by atoms with van der Waals surface area (Å²) < 4.78 is 2.04. The fourth-order valence-electron chi connectivity index (χ4n) is 3.17. The van der Waals surface area contributed by atoms with E-state index in [4.69, 9.17) is 11.5 Å². The maximum Gasteiger partial charge on any atom is 0.227 e. The van der Waals surface area contributed by atoms with Crippen LogP contribution in [0.25, 0.3) is 22.7 Å². The standard InChI is InChI=1S/C19H23N9/c1-2-8-28-17(14-6-7-23-27-14)24-15-16(21)25-19(26-18(15)28)22-11-13-5-3-4-12(9-13)10-20/h3-7,9H,2,8,10-11,20H2,1H3,(H,23,27)(H3,21,22,25,26). The van der Waals surface area contributed by atoms with Crippen molar-refractivity contribution in [2.45, 2.75) is 33.0 Å². The number of aromatic amines is 1. The van der Waals surface area contributed by atoms with Crippen molar-refractivity contribution in [3.63, 3.8) is 0 Å². The first-order chi connectivity index (χ1) is 13.7. The van der Waals surface area contributed by atoms with Crippen molar-refractivity contribution in [3.05, 3.63) is 47.7 Å². The van der Waals surface area contributed by atoms with E-state index in [9.17, 15) is 0 Å². The molecule has 3 aromatic heterocycles. The molecule has 1 aromatic carbocycles. The lowest BCUT2D eigenvalue weighted by Crippen LogP contribution is -2.08. The maximum absolute atomic E-state index is 6.19. The third-order valence-electron chi connectivity index (χ3n) is 4.49. The van der Waals surface area contributed by atoms with Gasteiger partial charge in [0, 0.05) is 25.8 Å². The third-order valence-corrected chi connectivity index (χ3v) is 4.49. The average Bonchev–Trinajstić information content (AvgIpc) is 3.36. The largest absolute Gasteiger partial charge is 0.382 e. The lowest BCUT2D eigenvalue weighted by molar-refractivity contribution is 0.696. The Labute approximate surface area is 162 Å². The minimum atomic E-state index is 0.346. The fraction of sp³-hybridized carbons (Fsp3) is 0.263. The van der Waals surface area contributed by atoms with Crippen LogP contribution in [0.5, 0.6) is 0 Å². The van der Waals surface area contributed by atoms with Crippen LogP contribution in [0.1, 0.15) is 24.5 Å². The number of anilines is 2. The molecule has 9 nitrogen and oxygen atoms in total. The van der Waals surface area contributed by atoms with Gasteiger partial charge in [0.1, 0.15) is 5.69 Å². The van der Waals surface area contributed by atoms with Crippen LogP contribution in [0.4, 0.5) is 11.8 Å². The number of benzene rings is 1. The Bertz CT molecular complexity index is 1080. The van der Waals surface area contributed by atoms with Crippen molar-refractivity contribution in [3.8, 4) is 11.5 Å². The smallest absolute Gasteiger partial charge is 0.227 e. The van der Waals surface area contributed by atoms with Crippen molar-refractivity contribution in [1.82, 2.24) is 29.7 Å². The number of aryl methyl sites for hydroxylation is 1. The third kappa shape index (κ3) is 3.39. The van der Waals surface area contributed by atoms with Crippen molar-refractivity contribution < 1.29 is 0 Å². The van der Waals surface area contributed by atoms with Gasteiger partial charge in [0.15, 0.2) is 22.8 Å². The first-order valence-corrected chi connectivity index (χ1v) is 9.24. The second-order valence-electron chi connectivity index (χ2n) is 6.54. The molecular weight excluding hydrogens is 354 g/mol. The zero-order valence-electron chi connectivity index (χ0n) is 15.7. The molecule has 0 atom stereocenters. The van der Waals surface area contributed by atoms with Crippen LogP contribution >= 0.6 is 0 Å². The van der Waals surface area contributed by atoms with Gasteiger partial charge in [-0.15, -0.1) is 0 Å². The number of fused-ring (bicyclic) bond motifs is 1. The monoisotopic (exact) mass is 377 g/mol. The summed E-state index contributed by atoms with van der Waals surface area (Å²) in [5.74, 6) is 1.57. The molecule has 4 aromatic rings. The number of imidazole rings is 1. The summed E-state index contributed by atoms with van der Waals surface area (Å²) in [5.41, 5.74) is 16.2. The van der Waals surface area contributed by atoms with Gasteiger partial charge in [0.2, 0.25) is 5.95 Å². The summed E-state index contributed by atoms with van der Waals surface area (Å²) in [6.45, 7) is 3.96. The van der Waals surface area contributed by atoms with Gasteiger partial charge < -0.3 is 21.4 Å². The van der Waals surface area contributed by atoms with Crippen LogP contribution in [0, 0.1) is 0 Å². The van der Waals surface area contributed by atoms with E-state index in [2.05, 4.69) is 43.5 Å². The van der Waals surface area contributed by atoms with E-state index in [1.807, 2.05) is 28.8 Å². The Balaban J connectivity index is 1.69. The number of nitrogens with two attached hydrogens (primary N) is 2. The average molecular weight is 377 g/mol. The summed E-state index contributed by atoms with van der Waals surface area (Å²) in [6.07, 6.45) is 2.63. The highest BCUT2D eigenvalue weighted by atomic mass is 15.2. The molecule has 28 heavy (non-hydrogen) atoms. The fourth-order valence-corrected chi connectivity index (χ4v) is 3.17. The first kappa shape index (κ1) is 17.9. The van der Waals surface area contributed by atoms with Crippen LogP contribution in [0.2, 0.25) is 0 Å². The Hall–Kier alpha value is -3.46. The zero-order valence-corrected chi connectivity index (χ0v) is 15.7. The molecule has 6 N–H and O–H groups in total. The molecule has 0 unspecified atom stereocenters. The van der Waals surface area contributed by atoms with Gasteiger partial charge in [-0.3, -0.25) is 5.10 Å². The Morgan fingerprint density at radius 2 is 2.00 bits per heavy atom. The van der Waals surface area contributed by atoms with E-state index in [1.54, 1.807) is 6.20 Å². The highest BCUT2D eigenvalue weighted by Crippen LogP contribution is 2.26. The normalized spacial score (nSPS) is 11.2. The lowest BCUT2D eigenvalue weighted by atomic mass is 10.1. The number of nitrogen functional groups attached to an aromatic ring is 1. The van der Waals surface area contributed by atoms with Crippen LogP contribution in [0.3, 0.4) is 0 Å². The van der Waals surface area contributed by atoms with Crippen molar-refractivity contribution in [2.24, 2.45) is 5.73 Å².